The van der Waals surface area contributed by atoms with E-state index in [2.05, 4.69) is 11.8 Å². The van der Waals surface area contributed by atoms with Gasteiger partial charge >= 0.3 is 0 Å². The number of hydrogen-bond acceptors (Lipinski definition) is 6. The first-order chi connectivity index (χ1) is 17.0. The number of unbranched alkanes of at least 4 members (excludes halogenated alkanes) is 1. The summed E-state index contributed by atoms with van der Waals surface area (Å²) in [6, 6.07) is 11.7. The molecule has 0 aliphatic carbocycles. The standard InChI is InChI=1S/C27H31FN2O5/c1-2-3-16-35-22-10-6-20(7-11-22)25(31)23-24(19-4-8-21(28)9-5-19)30(27(33)26(23)32)13-12-29-14-17-34-18-15-29/h4-11,24,31H,2-3,12-18H2,1H3/b25-23+. The van der Waals surface area contributed by atoms with E-state index >= 15 is 0 Å². The maximum absolute atomic E-state index is 13.6. The quantitative estimate of drug-likeness (QED) is 0.254. The van der Waals surface area contributed by atoms with Crippen molar-refractivity contribution < 1.29 is 28.6 Å². The molecule has 7 nitrogen and oxygen atoms in total. The molecule has 0 saturated carbocycles. The Morgan fingerprint density at radius 3 is 2.40 bits per heavy atom. The second kappa shape index (κ2) is 11.5. The third-order valence-corrected chi connectivity index (χ3v) is 6.38. The van der Waals surface area contributed by atoms with Gasteiger partial charge in [0.05, 0.1) is 31.4 Å². The molecule has 2 heterocycles. The number of morpholine rings is 1. The number of carbonyl (C=O) groups excluding carboxylic acids is 2. The lowest BCUT2D eigenvalue weighted by molar-refractivity contribution is -0.140. The highest BCUT2D eigenvalue weighted by Gasteiger charge is 2.46. The van der Waals surface area contributed by atoms with Crippen LogP contribution in [0.15, 0.2) is 54.1 Å². The van der Waals surface area contributed by atoms with E-state index in [0.29, 0.717) is 49.8 Å². The van der Waals surface area contributed by atoms with E-state index in [1.807, 2.05) is 0 Å². The topological polar surface area (TPSA) is 79.3 Å². The van der Waals surface area contributed by atoms with Gasteiger partial charge in [0, 0.05) is 31.7 Å². The van der Waals surface area contributed by atoms with Crippen molar-refractivity contribution in [3.8, 4) is 5.75 Å². The molecule has 0 aromatic heterocycles. The second-order valence-electron chi connectivity index (χ2n) is 8.72. The number of aliphatic hydroxyl groups is 1. The maximum atomic E-state index is 13.6. The van der Waals surface area contributed by atoms with E-state index in [1.165, 1.54) is 17.0 Å². The number of halogens is 1. The van der Waals surface area contributed by atoms with Crippen molar-refractivity contribution >= 4 is 17.4 Å². The zero-order chi connectivity index (χ0) is 24.8. The van der Waals surface area contributed by atoms with Crippen LogP contribution in [-0.2, 0) is 14.3 Å². The van der Waals surface area contributed by atoms with Gasteiger partial charge in [0.15, 0.2) is 0 Å². The van der Waals surface area contributed by atoms with Crippen molar-refractivity contribution in [2.75, 3.05) is 46.0 Å². The number of carbonyl (C=O) groups is 2. The summed E-state index contributed by atoms with van der Waals surface area (Å²) in [4.78, 5) is 29.8. The van der Waals surface area contributed by atoms with Crippen LogP contribution in [0.1, 0.15) is 36.9 Å². The van der Waals surface area contributed by atoms with E-state index in [9.17, 15) is 19.1 Å². The van der Waals surface area contributed by atoms with Crippen LogP contribution in [0.4, 0.5) is 4.39 Å². The van der Waals surface area contributed by atoms with Crippen molar-refractivity contribution in [3.63, 3.8) is 0 Å². The van der Waals surface area contributed by atoms with Crippen LogP contribution < -0.4 is 4.74 Å². The van der Waals surface area contributed by atoms with Gasteiger partial charge < -0.3 is 19.5 Å². The molecule has 1 N–H and O–H groups in total. The Morgan fingerprint density at radius 1 is 1.06 bits per heavy atom. The first-order valence-electron chi connectivity index (χ1n) is 12.1. The minimum atomic E-state index is -0.808. The van der Waals surface area contributed by atoms with E-state index in [4.69, 9.17) is 9.47 Å². The molecule has 2 aromatic carbocycles. The molecule has 2 aliphatic rings. The van der Waals surface area contributed by atoms with E-state index in [1.54, 1.807) is 36.4 Å². The molecule has 1 amide bonds. The Morgan fingerprint density at radius 2 is 1.74 bits per heavy atom. The molecular formula is C27H31FN2O5. The summed E-state index contributed by atoms with van der Waals surface area (Å²) in [6.07, 6.45) is 1.96. The Balaban J connectivity index is 1.65. The number of aliphatic hydroxyl groups excluding tert-OH is 1. The zero-order valence-electron chi connectivity index (χ0n) is 19.9. The third kappa shape index (κ3) is 5.71. The van der Waals surface area contributed by atoms with Gasteiger partial charge in [-0.05, 0) is 48.4 Å². The Hall–Kier alpha value is -3.23. The number of rotatable bonds is 9. The predicted molar refractivity (Wildman–Crippen MR) is 130 cm³/mol. The van der Waals surface area contributed by atoms with E-state index in [-0.39, 0.29) is 11.3 Å². The van der Waals surface area contributed by atoms with Gasteiger partial charge in [0.25, 0.3) is 11.7 Å². The molecule has 35 heavy (non-hydrogen) atoms. The fraction of sp³-hybridized carbons (Fsp3) is 0.407. The van der Waals surface area contributed by atoms with Crippen molar-refractivity contribution in [1.29, 1.82) is 0 Å². The Bertz CT molecular complexity index is 1060. The molecule has 0 spiro atoms. The first kappa shape index (κ1) is 24.9. The van der Waals surface area contributed by atoms with Gasteiger partial charge in [-0.25, -0.2) is 4.39 Å². The highest BCUT2D eigenvalue weighted by molar-refractivity contribution is 6.46. The molecule has 8 heteroatoms. The van der Waals surface area contributed by atoms with Crippen molar-refractivity contribution in [1.82, 2.24) is 9.80 Å². The summed E-state index contributed by atoms with van der Waals surface area (Å²) >= 11 is 0. The average Bonchev–Trinajstić information content (AvgIpc) is 3.13. The minimum absolute atomic E-state index is 0.00300. The number of amides is 1. The smallest absolute Gasteiger partial charge is 0.295 e. The Labute approximate surface area is 204 Å². The Kier molecular flexibility index (Phi) is 8.15. The highest BCUT2D eigenvalue weighted by Crippen LogP contribution is 2.39. The SMILES string of the molecule is CCCCOc1ccc(/C(O)=C2\C(=O)C(=O)N(CCN3CCOCC3)C2c2ccc(F)cc2)cc1. The van der Waals surface area contributed by atoms with Crippen LogP contribution in [0.25, 0.3) is 5.76 Å². The van der Waals surface area contributed by atoms with Gasteiger partial charge in [0.2, 0.25) is 0 Å². The molecular weight excluding hydrogens is 451 g/mol. The third-order valence-electron chi connectivity index (χ3n) is 6.38. The number of nitrogens with zero attached hydrogens (tertiary/aromatic N) is 2. The molecule has 186 valence electrons. The normalized spacial score (nSPS) is 20.4. The summed E-state index contributed by atoms with van der Waals surface area (Å²) in [5.74, 6) is -1.43. The van der Waals surface area contributed by atoms with Crippen LogP contribution in [-0.4, -0.2) is 72.6 Å². The van der Waals surface area contributed by atoms with Crippen LogP contribution in [0.2, 0.25) is 0 Å². The number of Topliss-reactive ketones (excluding diaryl/α,β-unsaturated/α-hetero) is 1. The van der Waals surface area contributed by atoms with Gasteiger partial charge in [-0.2, -0.15) is 0 Å². The molecule has 4 rings (SSSR count). The largest absolute Gasteiger partial charge is 0.507 e. The van der Waals surface area contributed by atoms with Crippen LogP contribution in [0.3, 0.4) is 0 Å². The summed E-state index contributed by atoms with van der Waals surface area (Å²) in [5, 5.41) is 11.2. The van der Waals surface area contributed by atoms with Crippen LogP contribution in [0.5, 0.6) is 5.75 Å². The molecule has 1 atom stereocenters. The average molecular weight is 483 g/mol. The number of hydrogen-bond donors (Lipinski definition) is 1. The summed E-state index contributed by atoms with van der Waals surface area (Å²) < 4.78 is 24.7. The molecule has 2 saturated heterocycles. The summed E-state index contributed by atoms with van der Waals surface area (Å²) in [5.41, 5.74) is 0.975. The molecule has 2 aromatic rings. The van der Waals surface area contributed by atoms with Crippen LogP contribution >= 0.6 is 0 Å². The van der Waals surface area contributed by atoms with Crippen molar-refractivity contribution in [3.05, 3.63) is 71.0 Å². The number of likely N-dealkylation sites (tertiary alicyclic amines) is 1. The van der Waals surface area contributed by atoms with Crippen molar-refractivity contribution in [2.24, 2.45) is 0 Å². The molecule has 2 fully saturated rings. The van der Waals surface area contributed by atoms with Crippen LogP contribution in [0, 0.1) is 5.82 Å². The fourth-order valence-corrected chi connectivity index (χ4v) is 4.38. The number of ketones is 1. The number of benzene rings is 2. The maximum Gasteiger partial charge on any atom is 0.295 e. The zero-order valence-corrected chi connectivity index (χ0v) is 19.9. The molecule has 1 unspecified atom stereocenters. The number of ether oxygens (including phenoxy) is 2. The lowest BCUT2D eigenvalue weighted by atomic mass is 9.95. The van der Waals surface area contributed by atoms with Gasteiger partial charge in [0.1, 0.15) is 17.3 Å². The van der Waals surface area contributed by atoms with Gasteiger partial charge in [-0.15, -0.1) is 0 Å². The lowest BCUT2D eigenvalue weighted by Crippen LogP contribution is -2.42. The minimum Gasteiger partial charge on any atom is -0.507 e. The highest BCUT2D eigenvalue weighted by atomic mass is 19.1. The monoisotopic (exact) mass is 482 g/mol. The summed E-state index contributed by atoms with van der Waals surface area (Å²) in [6.45, 7) is 6.29. The molecule has 2 aliphatic heterocycles. The van der Waals surface area contributed by atoms with Gasteiger partial charge in [-0.3, -0.25) is 14.5 Å². The fourth-order valence-electron chi connectivity index (χ4n) is 4.38. The lowest BCUT2D eigenvalue weighted by Gasteiger charge is -2.31. The summed E-state index contributed by atoms with van der Waals surface area (Å²) in [7, 11) is 0. The van der Waals surface area contributed by atoms with Crippen molar-refractivity contribution in [2.45, 2.75) is 25.8 Å². The van der Waals surface area contributed by atoms with E-state index < -0.39 is 23.5 Å². The second-order valence-corrected chi connectivity index (χ2v) is 8.72. The first-order valence-corrected chi connectivity index (χ1v) is 12.1. The molecule has 0 bridgehead atoms. The predicted octanol–water partition coefficient (Wildman–Crippen LogP) is 3.76. The van der Waals surface area contributed by atoms with Gasteiger partial charge in [-0.1, -0.05) is 25.5 Å². The van der Waals surface area contributed by atoms with E-state index in [0.717, 1.165) is 25.9 Å². The molecule has 0 radical (unpaired) electrons.